The highest BCUT2D eigenvalue weighted by molar-refractivity contribution is 6.00. The second-order valence-corrected chi connectivity index (χ2v) is 26.0. The van der Waals surface area contributed by atoms with Crippen LogP contribution in [-0.2, 0) is 57.5 Å². The first-order valence-electron chi connectivity index (χ1n) is 31.4. The van der Waals surface area contributed by atoms with Crippen LogP contribution >= 0.6 is 0 Å². The third-order valence-corrected chi connectivity index (χ3v) is 17.3. The smallest absolute Gasteiger partial charge is 0.246 e. The van der Waals surface area contributed by atoms with Gasteiger partial charge in [0.05, 0.1) is 25.4 Å². The zero-order chi connectivity index (χ0) is 67.7. The van der Waals surface area contributed by atoms with Gasteiger partial charge < -0.3 is 65.0 Å². The molecule has 4 N–H and O–H groups in total. The Kier molecular flexibility index (Phi) is 31.2. The van der Waals surface area contributed by atoms with Crippen molar-refractivity contribution in [3.63, 3.8) is 0 Å². The van der Waals surface area contributed by atoms with Crippen molar-refractivity contribution in [2.24, 2.45) is 29.6 Å². The number of hydrogen-bond acceptors (Lipinski definition) is 13. The molecule has 0 aromatic heterocycles. The Morgan fingerprint density at radius 2 is 1.14 bits per heavy atom. The SMILES string of the molecule is C/C=C/C[C@@H](C)[C@@H](O)[C@H]1C(=O)N[C@@H](CC)C(=O)N(C)CC(=O)N(C)[C@@H]([C@@H](C)OCCCCF)C(=O)N[C@@H](C(C)C)C(=O)N(C)[C@@H](CC(C)C)C(=O)N[C@@H](C)C(=O)N2C(C)C[C@@H](C(=O)N(C)[C@@H](C(C)C)C(=O)N1C)N(C)C(=O)[C@H](CC(C)C)N(C)C(=O)[C@H]2C. The van der Waals surface area contributed by atoms with Crippen LogP contribution < -0.4 is 16.0 Å². The number of aliphatic hydroxyl groups is 1. The topological polar surface area (TPSA) is 279 Å². The second kappa shape index (κ2) is 35.2. The maximum absolute atomic E-state index is 15.5. The van der Waals surface area contributed by atoms with E-state index in [2.05, 4.69) is 16.0 Å². The summed E-state index contributed by atoms with van der Waals surface area (Å²) in [5, 5.41) is 20.5. The number of carbonyl (C=O) groups is 11. The van der Waals surface area contributed by atoms with Crippen LogP contribution in [0.15, 0.2) is 12.2 Å². The summed E-state index contributed by atoms with van der Waals surface area (Å²) in [6.07, 6.45) is 1.62. The number of unbranched alkanes of at least 4 members (excludes halogenated alkanes) is 1. The summed E-state index contributed by atoms with van der Waals surface area (Å²) in [6.45, 7) is 24.1. The van der Waals surface area contributed by atoms with E-state index in [0.717, 1.165) is 14.7 Å². The van der Waals surface area contributed by atoms with Gasteiger partial charge in [-0.3, -0.25) is 57.1 Å². The van der Waals surface area contributed by atoms with E-state index in [1.165, 1.54) is 94.6 Å². The largest absolute Gasteiger partial charge is 0.390 e. The fourth-order valence-corrected chi connectivity index (χ4v) is 11.7. The second-order valence-electron chi connectivity index (χ2n) is 26.0. The lowest BCUT2D eigenvalue weighted by atomic mass is 9.91. The maximum atomic E-state index is 15.5. The molecule has 0 radical (unpaired) electrons. The third kappa shape index (κ3) is 19.9. The molecule has 502 valence electrons. The van der Waals surface area contributed by atoms with Gasteiger partial charge in [0.2, 0.25) is 65.0 Å². The van der Waals surface area contributed by atoms with Crippen molar-refractivity contribution in [3.05, 3.63) is 12.2 Å². The Hall–Kier alpha value is -6.24. The first kappa shape index (κ1) is 77.9. The van der Waals surface area contributed by atoms with Gasteiger partial charge >= 0.3 is 0 Å². The lowest BCUT2D eigenvalue weighted by Gasteiger charge is -2.45. The number of allylic oxidation sites excluding steroid dienone is 2. The van der Waals surface area contributed by atoms with E-state index in [1.807, 2.05) is 27.7 Å². The Balaban J connectivity index is 3.16. The zero-order valence-corrected chi connectivity index (χ0v) is 56.9. The number of carbonyl (C=O) groups excluding carboxylic acids is 11. The van der Waals surface area contributed by atoms with Crippen molar-refractivity contribution in [3.8, 4) is 0 Å². The van der Waals surface area contributed by atoms with Crippen molar-refractivity contribution in [2.75, 3.05) is 69.2 Å². The van der Waals surface area contributed by atoms with Gasteiger partial charge in [-0.05, 0) is 109 Å². The minimum absolute atomic E-state index is 0.00739. The average molecular weight is 1250 g/mol. The van der Waals surface area contributed by atoms with Crippen LogP contribution in [0.25, 0.3) is 0 Å². The van der Waals surface area contributed by atoms with Crippen LogP contribution in [0.4, 0.5) is 4.39 Å². The van der Waals surface area contributed by atoms with Gasteiger partial charge in [-0.1, -0.05) is 81.4 Å². The highest BCUT2D eigenvalue weighted by atomic mass is 19.1. The van der Waals surface area contributed by atoms with Crippen LogP contribution in [0.2, 0.25) is 0 Å². The lowest BCUT2D eigenvalue weighted by Crippen LogP contribution is -2.65. The highest BCUT2D eigenvalue weighted by Crippen LogP contribution is 2.28. The third-order valence-electron chi connectivity index (χ3n) is 17.3. The molecule has 2 rings (SSSR count). The Bertz CT molecular complexity index is 2450. The van der Waals surface area contributed by atoms with Crippen LogP contribution in [-0.4, -0.2) is 257 Å². The molecule has 11 amide bonds. The molecule has 2 saturated heterocycles. The molecule has 0 saturated carbocycles. The molecule has 2 heterocycles. The van der Waals surface area contributed by atoms with Gasteiger partial charge in [-0.2, -0.15) is 0 Å². The molecular weight excluding hydrogens is 1140 g/mol. The molecule has 2 bridgehead atoms. The number of ether oxygens (including phenoxy) is 1. The van der Waals surface area contributed by atoms with Gasteiger partial charge in [0.25, 0.3) is 0 Å². The number of fused-ring (bicyclic) bond motifs is 3. The summed E-state index contributed by atoms with van der Waals surface area (Å²) >= 11 is 0. The van der Waals surface area contributed by atoms with Gasteiger partial charge in [-0.25, -0.2) is 0 Å². The van der Waals surface area contributed by atoms with Crippen molar-refractivity contribution in [1.29, 1.82) is 0 Å². The summed E-state index contributed by atoms with van der Waals surface area (Å²) in [5.74, 6) is -10.4. The molecule has 24 nitrogen and oxygen atoms in total. The first-order chi connectivity index (χ1) is 40.9. The predicted octanol–water partition coefficient (Wildman–Crippen LogP) is 2.84. The first-order valence-corrected chi connectivity index (χ1v) is 31.4. The fourth-order valence-electron chi connectivity index (χ4n) is 11.7. The summed E-state index contributed by atoms with van der Waals surface area (Å²) in [7, 11) is 9.63. The van der Waals surface area contributed by atoms with Crippen molar-refractivity contribution < 1.29 is 67.0 Å². The van der Waals surface area contributed by atoms with E-state index < -0.39 is 175 Å². The Labute approximate surface area is 523 Å². The standard InChI is InChI=1S/C63H110FN11O13/c1-23-25-28-39(11)53(77)52-56(80)66-44(24-2)59(83)68(16)34-48(76)72(20)51(43(15)88-30-27-26-29-64)55(79)67-49(37(7)8)62(86)69(17)45(31-35(3)4)54(78)65-41(13)57(81)75-40(12)33-47(61(85)73(21)50(38(9)10)63(87)74(52)22)71(19)60(84)46(32-36(5)6)70(18)58(82)42(75)14/h23,25,35-47,49-53,77H,24,26-34H2,1-22H3,(H,65,78)(H,66,80)(H,67,79)/b25-23+/t39-,40?,41+,42-,43-,44+,45+,46+,47+,49+,50+,51+,52+,53-/m1/s1. The molecule has 2 aliphatic rings. The summed E-state index contributed by atoms with van der Waals surface area (Å²) in [5.41, 5.74) is 0. The number of halogens is 1. The minimum atomic E-state index is -1.67. The van der Waals surface area contributed by atoms with Gasteiger partial charge in [0.15, 0.2) is 0 Å². The summed E-state index contributed by atoms with van der Waals surface area (Å²) < 4.78 is 19.2. The van der Waals surface area contributed by atoms with E-state index in [4.69, 9.17) is 4.74 Å². The van der Waals surface area contributed by atoms with Gasteiger partial charge in [0, 0.05) is 62.0 Å². The summed E-state index contributed by atoms with van der Waals surface area (Å²) in [4.78, 5) is 173. The molecule has 0 aliphatic carbocycles. The van der Waals surface area contributed by atoms with Gasteiger partial charge in [-0.15, -0.1) is 0 Å². The number of hydrogen-bond donors (Lipinski definition) is 4. The summed E-state index contributed by atoms with van der Waals surface area (Å²) in [6, 6.07) is -14.5. The number of aliphatic hydroxyl groups excluding tert-OH is 1. The highest BCUT2D eigenvalue weighted by Gasteiger charge is 2.48. The quantitative estimate of drug-likeness (QED) is 0.121. The molecule has 1 unspecified atom stereocenters. The number of alkyl halides is 1. The lowest BCUT2D eigenvalue weighted by molar-refractivity contribution is -0.161. The molecule has 0 spiro atoms. The number of likely N-dealkylation sites (N-methyl/N-ethyl adjacent to an activating group) is 7. The number of amides is 11. The monoisotopic (exact) mass is 1250 g/mol. The van der Waals surface area contributed by atoms with E-state index in [1.54, 1.807) is 67.5 Å². The molecule has 88 heavy (non-hydrogen) atoms. The molecule has 0 aromatic rings. The Morgan fingerprint density at radius 3 is 1.66 bits per heavy atom. The average Bonchev–Trinajstić information content (AvgIpc) is 1.99. The number of rotatable bonds is 17. The molecule has 25 heteroatoms. The van der Waals surface area contributed by atoms with Crippen LogP contribution in [0.1, 0.15) is 149 Å². The normalized spacial score (nSPS) is 28.1. The van der Waals surface area contributed by atoms with E-state index in [0.29, 0.717) is 0 Å². The predicted molar refractivity (Wildman–Crippen MR) is 333 cm³/mol. The fraction of sp³-hybridized carbons (Fsp3) is 0.794. The van der Waals surface area contributed by atoms with Crippen LogP contribution in [0.5, 0.6) is 0 Å². The molecule has 2 fully saturated rings. The van der Waals surface area contributed by atoms with Crippen molar-refractivity contribution >= 4 is 65.0 Å². The van der Waals surface area contributed by atoms with Gasteiger partial charge in [0.1, 0.15) is 60.4 Å². The minimum Gasteiger partial charge on any atom is -0.390 e. The molecule has 0 aromatic carbocycles. The zero-order valence-electron chi connectivity index (χ0n) is 56.9. The molecular formula is C63H110FN11O13. The van der Waals surface area contributed by atoms with E-state index in [9.17, 15) is 47.9 Å². The maximum Gasteiger partial charge on any atom is 0.246 e. The van der Waals surface area contributed by atoms with E-state index >= 15 is 14.4 Å². The molecule has 14 atom stereocenters. The number of nitrogens with zero attached hydrogens (tertiary/aromatic N) is 8. The number of nitrogens with one attached hydrogen (secondary N) is 3. The molecule has 2 aliphatic heterocycles. The van der Waals surface area contributed by atoms with Crippen molar-refractivity contribution in [1.82, 2.24) is 55.1 Å². The Morgan fingerprint density at radius 1 is 0.591 bits per heavy atom. The van der Waals surface area contributed by atoms with Crippen LogP contribution in [0, 0.1) is 29.6 Å². The van der Waals surface area contributed by atoms with Crippen molar-refractivity contribution in [2.45, 2.75) is 227 Å². The van der Waals surface area contributed by atoms with Crippen LogP contribution in [0.3, 0.4) is 0 Å². The van der Waals surface area contributed by atoms with E-state index in [-0.39, 0.29) is 63.4 Å².